The molecule has 0 saturated carbocycles. The molecule has 0 bridgehead atoms. The Balaban J connectivity index is 1.81. The Morgan fingerprint density at radius 2 is 1.75 bits per heavy atom. The van der Waals surface area contributed by atoms with Crippen molar-refractivity contribution in [3.63, 3.8) is 0 Å². The van der Waals surface area contributed by atoms with Crippen LogP contribution >= 0.6 is 0 Å². The molecule has 128 valence electrons. The Labute approximate surface area is 142 Å². The first kappa shape index (κ1) is 16.9. The second-order valence-corrected chi connectivity index (χ2v) is 7.97. The Morgan fingerprint density at radius 3 is 2.33 bits per heavy atom. The second kappa shape index (κ2) is 6.49. The molecule has 2 aromatic rings. The van der Waals surface area contributed by atoms with Gasteiger partial charge in [0, 0.05) is 30.4 Å². The van der Waals surface area contributed by atoms with E-state index in [4.69, 9.17) is 4.74 Å². The van der Waals surface area contributed by atoms with Crippen LogP contribution < -0.4 is 4.74 Å². The Kier molecular flexibility index (Phi) is 4.56. The fraction of sp³-hybridized carbons (Fsp3) is 0.412. The van der Waals surface area contributed by atoms with E-state index in [-0.39, 0.29) is 10.8 Å². The van der Waals surface area contributed by atoms with Gasteiger partial charge in [0.05, 0.1) is 12.0 Å². The van der Waals surface area contributed by atoms with Gasteiger partial charge in [0.15, 0.2) is 0 Å². The van der Waals surface area contributed by atoms with Crippen LogP contribution in [0.15, 0.2) is 35.2 Å². The summed E-state index contributed by atoms with van der Waals surface area (Å²) in [5.74, 6) is 1.41. The van der Waals surface area contributed by atoms with E-state index in [0.29, 0.717) is 18.8 Å². The zero-order valence-electron chi connectivity index (χ0n) is 14.1. The smallest absolute Gasteiger partial charge is 0.243 e. The minimum atomic E-state index is -3.50. The average molecular weight is 347 g/mol. The highest BCUT2D eigenvalue weighted by molar-refractivity contribution is 7.89. The molecule has 1 aliphatic heterocycles. The van der Waals surface area contributed by atoms with Crippen molar-refractivity contribution in [1.29, 1.82) is 0 Å². The number of ether oxygens (including phenoxy) is 1. The predicted octanol–water partition coefficient (Wildman–Crippen LogP) is 2.28. The summed E-state index contributed by atoms with van der Waals surface area (Å²) in [7, 11) is -1.95. The fourth-order valence-corrected chi connectivity index (χ4v) is 4.49. The van der Waals surface area contributed by atoms with Crippen LogP contribution in [-0.4, -0.2) is 42.9 Å². The lowest BCUT2D eigenvalue weighted by Gasteiger charge is -2.17. The lowest BCUT2D eigenvalue weighted by atomic mass is 10.1. The average Bonchev–Trinajstić information content (AvgIpc) is 3.05. The molecular formula is C17H21N3O3S. The van der Waals surface area contributed by atoms with E-state index in [1.807, 2.05) is 19.9 Å². The SMILES string of the molecule is COc1ccc(S(=O)(=O)N2CCC(c3nc(C)cc(C)n3)C2)cc1. The van der Waals surface area contributed by atoms with Crippen LogP contribution in [0, 0.1) is 13.8 Å². The molecule has 2 heterocycles. The topological polar surface area (TPSA) is 72.4 Å². The van der Waals surface area contributed by atoms with Crippen molar-refractivity contribution >= 4 is 10.0 Å². The summed E-state index contributed by atoms with van der Waals surface area (Å²) in [5, 5.41) is 0. The van der Waals surface area contributed by atoms with Gasteiger partial charge < -0.3 is 4.74 Å². The van der Waals surface area contributed by atoms with Crippen LogP contribution in [0.2, 0.25) is 0 Å². The van der Waals surface area contributed by atoms with Crippen molar-refractivity contribution < 1.29 is 13.2 Å². The first-order valence-corrected chi connectivity index (χ1v) is 9.30. The van der Waals surface area contributed by atoms with E-state index in [1.54, 1.807) is 31.4 Å². The van der Waals surface area contributed by atoms with Gasteiger partial charge in [-0.1, -0.05) is 0 Å². The summed E-state index contributed by atoms with van der Waals surface area (Å²) in [6, 6.07) is 8.40. The number of aryl methyl sites for hydroxylation is 2. The highest BCUT2D eigenvalue weighted by atomic mass is 32.2. The Morgan fingerprint density at radius 1 is 1.12 bits per heavy atom. The van der Waals surface area contributed by atoms with E-state index >= 15 is 0 Å². The maximum Gasteiger partial charge on any atom is 0.243 e. The van der Waals surface area contributed by atoms with Crippen molar-refractivity contribution in [2.24, 2.45) is 0 Å². The summed E-state index contributed by atoms with van der Waals surface area (Å²) in [6.07, 6.45) is 0.734. The number of rotatable bonds is 4. The predicted molar refractivity (Wildman–Crippen MR) is 90.6 cm³/mol. The number of hydrogen-bond donors (Lipinski definition) is 0. The van der Waals surface area contributed by atoms with Gasteiger partial charge in [-0.2, -0.15) is 4.31 Å². The van der Waals surface area contributed by atoms with Crippen LogP contribution in [0.3, 0.4) is 0 Å². The number of benzene rings is 1. The van der Waals surface area contributed by atoms with Crippen molar-refractivity contribution in [3.05, 3.63) is 47.5 Å². The van der Waals surface area contributed by atoms with Crippen LogP contribution in [-0.2, 0) is 10.0 Å². The molecule has 1 aliphatic rings. The van der Waals surface area contributed by atoms with Crippen molar-refractivity contribution in [2.75, 3.05) is 20.2 Å². The van der Waals surface area contributed by atoms with E-state index in [0.717, 1.165) is 23.6 Å². The Hall–Kier alpha value is -1.99. The monoisotopic (exact) mass is 347 g/mol. The lowest BCUT2D eigenvalue weighted by Crippen LogP contribution is -2.28. The van der Waals surface area contributed by atoms with Gasteiger partial charge in [-0.15, -0.1) is 0 Å². The number of aromatic nitrogens is 2. The third-order valence-corrected chi connectivity index (χ3v) is 6.09. The van der Waals surface area contributed by atoms with Gasteiger partial charge in [-0.05, 0) is 50.6 Å². The van der Waals surface area contributed by atoms with E-state index < -0.39 is 10.0 Å². The van der Waals surface area contributed by atoms with Crippen LogP contribution in [0.25, 0.3) is 0 Å². The van der Waals surface area contributed by atoms with Crippen LogP contribution in [0.4, 0.5) is 0 Å². The van der Waals surface area contributed by atoms with E-state index in [2.05, 4.69) is 9.97 Å². The summed E-state index contributed by atoms with van der Waals surface area (Å²) in [4.78, 5) is 9.24. The second-order valence-electron chi connectivity index (χ2n) is 6.03. The van der Waals surface area contributed by atoms with Crippen molar-refractivity contribution in [1.82, 2.24) is 14.3 Å². The van der Waals surface area contributed by atoms with Gasteiger partial charge in [0.25, 0.3) is 0 Å². The molecule has 7 heteroatoms. The number of methoxy groups -OCH3 is 1. The zero-order chi connectivity index (χ0) is 17.3. The molecule has 1 atom stereocenters. The summed E-state index contributed by atoms with van der Waals surface area (Å²) >= 11 is 0. The maximum atomic E-state index is 12.8. The third kappa shape index (κ3) is 3.27. The largest absolute Gasteiger partial charge is 0.497 e. The van der Waals surface area contributed by atoms with Gasteiger partial charge in [0.1, 0.15) is 11.6 Å². The molecule has 24 heavy (non-hydrogen) atoms. The van der Waals surface area contributed by atoms with E-state index in [9.17, 15) is 8.42 Å². The fourth-order valence-electron chi connectivity index (χ4n) is 2.99. The van der Waals surface area contributed by atoms with Gasteiger partial charge in [0.2, 0.25) is 10.0 Å². The van der Waals surface area contributed by atoms with Crippen LogP contribution in [0.5, 0.6) is 5.75 Å². The van der Waals surface area contributed by atoms with Gasteiger partial charge >= 0.3 is 0 Å². The molecule has 6 nitrogen and oxygen atoms in total. The lowest BCUT2D eigenvalue weighted by molar-refractivity contribution is 0.414. The number of sulfonamides is 1. The highest BCUT2D eigenvalue weighted by Gasteiger charge is 2.34. The summed E-state index contributed by atoms with van der Waals surface area (Å²) in [6.45, 7) is 4.75. The molecular weight excluding hydrogens is 326 g/mol. The molecule has 0 radical (unpaired) electrons. The van der Waals surface area contributed by atoms with Gasteiger partial charge in [-0.25, -0.2) is 18.4 Å². The number of hydrogen-bond acceptors (Lipinski definition) is 5. The summed E-state index contributed by atoms with van der Waals surface area (Å²) in [5.41, 5.74) is 1.82. The first-order valence-electron chi connectivity index (χ1n) is 7.86. The minimum absolute atomic E-state index is 0.0385. The minimum Gasteiger partial charge on any atom is -0.497 e. The molecule has 3 rings (SSSR count). The molecule has 1 aromatic carbocycles. The molecule has 0 amide bonds. The normalized spacial score (nSPS) is 18.7. The van der Waals surface area contributed by atoms with Crippen molar-refractivity contribution in [3.8, 4) is 5.75 Å². The van der Waals surface area contributed by atoms with Gasteiger partial charge in [-0.3, -0.25) is 0 Å². The number of nitrogens with zero attached hydrogens (tertiary/aromatic N) is 3. The van der Waals surface area contributed by atoms with E-state index in [1.165, 1.54) is 4.31 Å². The molecule has 0 spiro atoms. The molecule has 1 aromatic heterocycles. The standard InChI is InChI=1S/C17H21N3O3S/c1-12-10-13(2)19-17(18-12)14-8-9-20(11-14)24(21,22)16-6-4-15(23-3)5-7-16/h4-7,10,14H,8-9,11H2,1-3H3. The molecule has 0 aliphatic carbocycles. The molecule has 1 saturated heterocycles. The first-order chi connectivity index (χ1) is 11.4. The summed E-state index contributed by atoms with van der Waals surface area (Å²) < 4.78 is 32.2. The molecule has 0 N–H and O–H groups in total. The molecule has 1 unspecified atom stereocenters. The quantitative estimate of drug-likeness (QED) is 0.848. The molecule has 1 fully saturated rings. The Bertz CT molecular complexity index is 814. The zero-order valence-corrected chi connectivity index (χ0v) is 14.9. The van der Waals surface area contributed by atoms with Crippen molar-refractivity contribution in [2.45, 2.75) is 31.1 Å². The van der Waals surface area contributed by atoms with Crippen LogP contribution in [0.1, 0.15) is 29.6 Å². The highest BCUT2D eigenvalue weighted by Crippen LogP contribution is 2.30. The third-order valence-electron chi connectivity index (χ3n) is 4.21. The maximum absolute atomic E-state index is 12.8.